The zero-order valence-corrected chi connectivity index (χ0v) is 53.0. The first-order valence-electron chi connectivity index (χ1n) is 31.3. The van der Waals surface area contributed by atoms with Crippen LogP contribution in [0.5, 0.6) is 17.5 Å². The Kier molecular flexibility index (Phi) is 28.0. The summed E-state index contributed by atoms with van der Waals surface area (Å²) in [6, 6.07) is 12.4. The molecule has 3 aliphatic rings. The van der Waals surface area contributed by atoms with E-state index in [0.717, 1.165) is 100.0 Å². The SMILES string of the molecule is CC=O.CCCC(=O)C(C)CCC(C)=O.CCCC(=O)N(C)c1cc(OC(CCC)CCC(C)CC)ccc1C.CCc1c(F)ccc2cc(O)cc(-c3ncc4c(N5CCCC(O)C5)nc(OCC56CCCN5C(COC)CC6)nc4c3F)c12. The Morgan fingerprint density at radius 2 is 1.65 bits per heavy atom. The highest BCUT2D eigenvalue weighted by atomic mass is 19.1. The number of anilines is 2. The molecule has 5 aromatic rings. The van der Waals surface area contributed by atoms with E-state index in [0.29, 0.717) is 104 Å². The van der Waals surface area contributed by atoms with Gasteiger partial charge in [0.05, 0.1) is 29.7 Å². The number of carbonyl (C=O) groups is 4. The second-order valence-electron chi connectivity index (χ2n) is 23.5. The molecule has 3 saturated heterocycles. The Hall–Kier alpha value is -6.17. The van der Waals surface area contributed by atoms with Crippen LogP contribution in [0.1, 0.15) is 183 Å². The molecule has 0 saturated carbocycles. The minimum atomic E-state index is -0.710. The van der Waals surface area contributed by atoms with E-state index in [-0.39, 0.29) is 57.8 Å². The van der Waals surface area contributed by atoms with Crippen molar-refractivity contribution in [3.8, 4) is 28.8 Å². The largest absolute Gasteiger partial charge is 0.508 e. The molecule has 17 heteroatoms. The third-order valence-corrected chi connectivity index (χ3v) is 16.9. The number of carbonyl (C=O) groups excluding carboxylic acids is 4. The number of hydrogen-bond donors (Lipinski definition) is 2. The summed E-state index contributed by atoms with van der Waals surface area (Å²) in [5.74, 6) is 1.57. The van der Waals surface area contributed by atoms with Gasteiger partial charge in [0.25, 0.3) is 0 Å². The Balaban J connectivity index is 0.000000277. The molecule has 3 aromatic carbocycles. The standard InChI is InChI=1S/C34H39F2N5O4.C22H37NO2.C10H18O2.C2H4O/c1-3-24-27(35)8-7-20-14-23(43)15-25(28(20)24)30-29(36)31-26(16-37-30)32(40-12-4-6-22(42)17-40)39-33(38-31)45-19-34-10-5-13-41(34)21(9-11-34)18-44-2;1-7-10-19(14-12-17(4)9-3)25-20-15-13-18(5)21(16-20)23(6)22(24)11-8-2;1-4-5-10(12)8(2)6-7-9(3)11;1-2-3/h7-8,14-16,21-22,42-43H,3-6,9-13,17-19H2,1-2H3;13,15-17,19H,7-12,14H2,1-6H3;8H,4-7H2,1-3H3;2H,1H3. The zero-order chi connectivity index (χ0) is 62.4. The molecule has 1 amide bonds. The Morgan fingerprint density at radius 1 is 0.906 bits per heavy atom. The van der Waals surface area contributed by atoms with Crippen molar-refractivity contribution in [1.82, 2.24) is 19.9 Å². The molecule has 6 atom stereocenters. The molecule has 6 unspecified atom stereocenters. The average Bonchev–Trinajstić information content (AvgIpc) is 3.76. The number of Topliss-reactive ketones (excluding diaryl/α,β-unsaturated/α-hetero) is 2. The highest BCUT2D eigenvalue weighted by molar-refractivity contribution is 6.02. The number of β-amino-alcohol motifs (C(OH)–C–C–N with tert-alkyl or cyclic N) is 1. The number of phenols is 1. The second kappa shape index (κ2) is 34.2. The molecule has 2 N–H and O–H groups in total. The fourth-order valence-electron chi connectivity index (χ4n) is 11.9. The first-order chi connectivity index (χ1) is 40.7. The number of phenolic OH excluding ortho intramolecular Hbond substituents is 1. The zero-order valence-electron chi connectivity index (χ0n) is 53.0. The summed E-state index contributed by atoms with van der Waals surface area (Å²) in [6.45, 7) is 22.6. The number of aryl methyl sites for hydroxylation is 2. The lowest BCUT2D eigenvalue weighted by atomic mass is 9.94. The molecule has 0 bridgehead atoms. The number of aliphatic hydroxyl groups excluding tert-OH is 1. The number of ketones is 2. The monoisotopic (exact) mass is 1180 g/mol. The van der Waals surface area contributed by atoms with Crippen LogP contribution < -0.4 is 19.3 Å². The maximum Gasteiger partial charge on any atom is 0.319 e. The molecule has 468 valence electrons. The number of aldehydes is 1. The molecule has 2 aromatic heterocycles. The van der Waals surface area contributed by atoms with Crippen LogP contribution in [0.2, 0.25) is 0 Å². The number of aliphatic hydroxyl groups is 1. The number of ether oxygens (including phenoxy) is 3. The van der Waals surface area contributed by atoms with Crippen LogP contribution in [0, 0.1) is 30.4 Å². The summed E-state index contributed by atoms with van der Waals surface area (Å²) in [5.41, 5.74) is 2.59. The highest BCUT2D eigenvalue weighted by Crippen LogP contribution is 2.44. The summed E-state index contributed by atoms with van der Waals surface area (Å²) in [4.78, 5) is 63.0. The molecule has 8 rings (SSSR count). The summed E-state index contributed by atoms with van der Waals surface area (Å²) in [6.07, 6.45) is 17.9. The summed E-state index contributed by atoms with van der Waals surface area (Å²) in [5, 5.41) is 22.5. The first-order valence-corrected chi connectivity index (χ1v) is 31.3. The average molecular weight is 1180 g/mol. The van der Waals surface area contributed by atoms with Gasteiger partial charge < -0.3 is 43.8 Å². The maximum atomic E-state index is 16.8. The molecule has 5 heterocycles. The van der Waals surface area contributed by atoms with Crippen LogP contribution in [0.4, 0.5) is 20.3 Å². The van der Waals surface area contributed by atoms with Crippen molar-refractivity contribution in [3.05, 3.63) is 71.4 Å². The van der Waals surface area contributed by atoms with E-state index in [1.165, 1.54) is 44.2 Å². The number of rotatable bonds is 25. The van der Waals surface area contributed by atoms with Crippen molar-refractivity contribution >= 4 is 56.9 Å². The van der Waals surface area contributed by atoms with Crippen molar-refractivity contribution in [2.75, 3.05) is 56.8 Å². The molecule has 3 aliphatic heterocycles. The maximum absolute atomic E-state index is 16.8. The predicted molar refractivity (Wildman–Crippen MR) is 336 cm³/mol. The Bertz CT molecular complexity index is 2980. The molecule has 3 fully saturated rings. The lowest BCUT2D eigenvalue weighted by Gasteiger charge is -2.34. The quantitative estimate of drug-likeness (QED) is 0.0526. The number of aromatic nitrogens is 3. The summed E-state index contributed by atoms with van der Waals surface area (Å²) in [7, 11) is 3.59. The van der Waals surface area contributed by atoms with Crippen molar-refractivity contribution in [2.45, 2.75) is 209 Å². The van der Waals surface area contributed by atoms with E-state index in [9.17, 15) is 29.0 Å². The van der Waals surface area contributed by atoms with Gasteiger partial charge in [-0.2, -0.15) is 9.97 Å². The van der Waals surface area contributed by atoms with Gasteiger partial charge >= 0.3 is 6.01 Å². The number of benzene rings is 3. The van der Waals surface area contributed by atoms with E-state index < -0.39 is 17.7 Å². The number of piperidine rings is 1. The number of nitrogens with zero attached hydrogens (tertiary/aromatic N) is 6. The summed E-state index contributed by atoms with van der Waals surface area (Å²) >= 11 is 0. The highest BCUT2D eigenvalue weighted by Gasteiger charge is 2.50. The number of methoxy groups -OCH3 is 1. The van der Waals surface area contributed by atoms with Gasteiger partial charge in [0.1, 0.15) is 58.8 Å². The van der Waals surface area contributed by atoms with Crippen molar-refractivity contribution in [1.29, 1.82) is 0 Å². The van der Waals surface area contributed by atoms with Crippen LogP contribution in [0.3, 0.4) is 0 Å². The summed E-state index contributed by atoms with van der Waals surface area (Å²) < 4.78 is 49.8. The number of aromatic hydroxyl groups is 1. The molecule has 0 radical (unpaired) electrons. The van der Waals surface area contributed by atoms with Gasteiger partial charge in [-0.25, -0.2) is 8.78 Å². The van der Waals surface area contributed by atoms with Crippen molar-refractivity contribution < 1.29 is 52.4 Å². The normalized spacial score (nSPS) is 18.4. The third-order valence-electron chi connectivity index (χ3n) is 16.9. The van der Waals surface area contributed by atoms with Crippen molar-refractivity contribution in [3.63, 3.8) is 0 Å². The van der Waals surface area contributed by atoms with Gasteiger partial charge in [-0.1, -0.05) is 73.4 Å². The molecular weight excluding hydrogens is 1080 g/mol. The van der Waals surface area contributed by atoms with Crippen molar-refractivity contribution in [2.24, 2.45) is 11.8 Å². The third kappa shape index (κ3) is 18.9. The smallest absolute Gasteiger partial charge is 0.319 e. The van der Waals surface area contributed by atoms with Gasteiger partial charge in [0.15, 0.2) is 5.82 Å². The van der Waals surface area contributed by atoms with E-state index >= 15 is 4.39 Å². The molecular formula is C68H98F2N6O9. The van der Waals surface area contributed by atoms with E-state index in [1.807, 2.05) is 58.7 Å². The lowest BCUT2D eigenvalue weighted by Crippen LogP contribution is -2.47. The number of hydrogen-bond acceptors (Lipinski definition) is 14. The van der Waals surface area contributed by atoms with Crippen LogP contribution >= 0.6 is 0 Å². The lowest BCUT2D eigenvalue weighted by molar-refractivity contribution is -0.123. The van der Waals surface area contributed by atoms with Gasteiger partial charge in [0, 0.05) is 82.0 Å². The van der Waals surface area contributed by atoms with E-state index in [1.54, 1.807) is 25.0 Å². The fraction of sp³-hybridized carbons (Fsp3) is 0.603. The number of pyridine rings is 1. The van der Waals surface area contributed by atoms with Crippen LogP contribution in [0.15, 0.2) is 48.7 Å². The Labute approximate surface area is 504 Å². The number of halogens is 2. The van der Waals surface area contributed by atoms with Crippen LogP contribution in [-0.4, -0.2) is 125 Å². The Morgan fingerprint density at radius 3 is 2.31 bits per heavy atom. The minimum absolute atomic E-state index is 0.0236. The fourth-order valence-corrected chi connectivity index (χ4v) is 11.9. The van der Waals surface area contributed by atoms with Gasteiger partial charge in [-0.05, 0) is 163 Å². The van der Waals surface area contributed by atoms with Crippen LogP contribution in [0.25, 0.3) is 32.9 Å². The first kappa shape index (κ1) is 69.6. The number of fused-ring (bicyclic) bond motifs is 3. The molecule has 0 spiro atoms. The molecule has 0 aliphatic carbocycles. The minimum Gasteiger partial charge on any atom is -0.508 e. The molecule has 85 heavy (non-hydrogen) atoms. The molecule has 15 nitrogen and oxygen atoms in total. The van der Waals surface area contributed by atoms with Gasteiger partial charge in [-0.3, -0.25) is 19.5 Å². The number of amides is 1. The predicted octanol–water partition coefficient (Wildman–Crippen LogP) is 14.1. The van der Waals surface area contributed by atoms with E-state index in [4.69, 9.17) is 24.0 Å². The van der Waals surface area contributed by atoms with Crippen LogP contribution in [-0.2, 0) is 30.3 Å². The second-order valence-corrected chi connectivity index (χ2v) is 23.5. The van der Waals surface area contributed by atoms with E-state index in [2.05, 4.69) is 41.7 Å². The topological polar surface area (TPSA) is 185 Å². The van der Waals surface area contributed by atoms with Gasteiger partial charge in [-0.15, -0.1) is 0 Å². The van der Waals surface area contributed by atoms with Gasteiger partial charge in [0.2, 0.25) is 5.91 Å².